The zero-order valence-corrected chi connectivity index (χ0v) is 16.4. The average molecular weight is 381 g/mol. The van der Waals surface area contributed by atoms with Crippen molar-refractivity contribution in [3.8, 4) is 0 Å². The van der Waals surface area contributed by atoms with Crippen LogP contribution in [0.25, 0.3) is 0 Å². The molecule has 2 aliphatic heterocycles. The zero-order valence-electron chi connectivity index (χ0n) is 16.4. The van der Waals surface area contributed by atoms with Crippen molar-refractivity contribution in [2.24, 2.45) is 0 Å². The Kier molecular flexibility index (Phi) is 5.51. The molecule has 2 aliphatic rings. The third-order valence-electron chi connectivity index (χ3n) is 5.82. The molecule has 5 heteroatoms. The average Bonchev–Trinajstić information content (AvgIpc) is 2.69. The van der Waals surface area contributed by atoms with E-state index in [2.05, 4.69) is 34.6 Å². The van der Waals surface area contributed by atoms with Gasteiger partial charge in [0.15, 0.2) is 0 Å². The molecule has 0 saturated carbocycles. The maximum Gasteiger partial charge on any atom is 0.319 e. The molecule has 2 amide bonds. The van der Waals surface area contributed by atoms with Crippen LogP contribution in [0.5, 0.6) is 0 Å². The summed E-state index contributed by atoms with van der Waals surface area (Å²) in [5, 5.41) is 5.94. The van der Waals surface area contributed by atoms with E-state index in [9.17, 15) is 9.18 Å². The predicted molar refractivity (Wildman–Crippen MR) is 112 cm³/mol. The molecule has 0 saturated heterocycles. The molecule has 2 aromatic carbocycles. The number of hydrogen-bond donors (Lipinski definition) is 2. The van der Waals surface area contributed by atoms with E-state index in [0.717, 1.165) is 56.4 Å². The number of aryl methyl sites for hydroxylation is 1. The van der Waals surface area contributed by atoms with E-state index in [-0.39, 0.29) is 17.8 Å². The molecular weight excluding hydrogens is 353 g/mol. The summed E-state index contributed by atoms with van der Waals surface area (Å²) in [5.41, 5.74) is 5.86. The summed E-state index contributed by atoms with van der Waals surface area (Å²) in [6.45, 7) is 4.90. The maximum atomic E-state index is 13.4. The Morgan fingerprint density at radius 3 is 2.82 bits per heavy atom. The fourth-order valence-corrected chi connectivity index (χ4v) is 4.46. The third kappa shape index (κ3) is 3.84. The van der Waals surface area contributed by atoms with Crippen molar-refractivity contribution >= 4 is 17.4 Å². The summed E-state index contributed by atoms with van der Waals surface area (Å²) in [4.78, 5) is 14.7. The first-order valence-electron chi connectivity index (χ1n) is 10.4. The highest BCUT2D eigenvalue weighted by atomic mass is 19.1. The number of halogens is 1. The smallest absolute Gasteiger partial charge is 0.319 e. The minimum atomic E-state index is -0.206. The van der Waals surface area contributed by atoms with Gasteiger partial charge in [-0.2, -0.15) is 0 Å². The first kappa shape index (κ1) is 18.8. The summed E-state index contributed by atoms with van der Waals surface area (Å²) >= 11 is 0. The van der Waals surface area contributed by atoms with E-state index < -0.39 is 0 Å². The van der Waals surface area contributed by atoms with Crippen LogP contribution in [0.1, 0.15) is 55.2 Å². The number of carbonyl (C=O) groups excluding carboxylic acids is 1. The van der Waals surface area contributed by atoms with Gasteiger partial charge in [0.1, 0.15) is 5.82 Å². The van der Waals surface area contributed by atoms with Gasteiger partial charge in [-0.1, -0.05) is 25.5 Å². The summed E-state index contributed by atoms with van der Waals surface area (Å²) in [6, 6.07) is 10.9. The van der Waals surface area contributed by atoms with Gasteiger partial charge in [-0.3, -0.25) is 0 Å². The predicted octanol–water partition coefficient (Wildman–Crippen LogP) is 5.04. The van der Waals surface area contributed by atoms with Crippen LogP contribution in [-0.2, 0) is 6.42 Å². The molecule has 0 aliphatic carbocycles. The lowest BCUT2D eigenvalue weighted by Gasteiger charge is -2.40. The van der Waals surface area contributed by atoms with E-state index in [4.69, 9.17) is 0 Å². The summed E-state index contributed by atoms with van der Waals surface area (Å²) < 4.78 is 13.4. The van der Waals surface area contributed by atoms with Crippen LogP contribution in [-0.4, -0.2) is 25.7 Å². The fraction of sp³-hybridized carbons (Fsp3) is 0.435. The second kappa shape index (κ2) is 8.21. The molecule has 4 nitrogen and oxygen atoms in total. The van der Waals surface area contributed by atoms with Gasteiger partial charge < -0.3 is 15.5 Å². The maximum absolute atomic E-state index is 13.4. The number of amides is 2. The van der Waals surface area contributed by atoms with Crippen molar-refractivity contribution < 1.29 is 9.18 Å². The van der Waals surface area contributed by atoms with Gasteiger partial charge in [-0.15, -0.1) is 0 Å². The van der Waals surface area contributed by atoms with Gasteiger partial charge in [0.05, 0.1) is 0 Å². The fourth-order valence-electron chi connectivity index (χ4n) is 4.46. The number of carbonyl (C=O) groups is 1. The van der Waals surface area contributed by atoms with E-state index in [0.29, 0.717) is 6.54 Å². The number of unbranched alkanes of at least 4 members (excludes halogenated alkanes) is 1. The monoisotopic (exact) mass is 381 g/mol. The number of rotatable bonds is 5. The van der Waals surface area contributed by atoms with Crippen molar-refractivity contribution in [1.29, 1.82) is 0 Å². The van der Waals surface area contributed by atoms with Gasteiger partial charge in [-0.05, 0) is 66.6 Å². The van der Waals surface area contributed by atoms with Crippen LogP contribution >= 0.6 is 0 Å². The molecule has 2 aromatic rings. The van der Waals surface area contributed by atoms with Gasteiger partial charge in [-0.25, -0.2) is 9.18 Å². The topological polar surface area (TPSA) is 44.4 Å². The molecule has 1 unspecified atom stereocenters. The highest BCUT2D eigenvalue weighted by molar-refractivity contribution is 5.90. The van der Waals surface area contributed by atoms with Crippen molar-refractivity contribution in [3.05, 3.63) is 58.9 Å². The molecule has 0 aromatic heterocycles. The standard InChI is InChI=1S/C23H28FN3O/c1-2-3-11-25-23(28)26-19-14-17-5-4-12-27-13-10-20(21(15-19)22(17)27)16-6-8-18(24)9-7-16/h6-9,14-15,20H,2-5,10-13H2,1H3,(H2,25,26,28). The number of nitrogens with one attached hydrogen (secondary N) is 2. The summed E-state index contributed by atoms with van der Waals surface area (Å²) in [7, 11) is 0. The highest BCUT2D eigenvalue weighted by Crippen LogP contribution is 2.45. The highest BCUT2D eigenvalue weighted by Gasteiger charge is 2.31. The van der Waals surface area contributed by atoms with Crippen LogP contribution in [0.3, 0.4) is 0 Å². The Morgan fingerprint density at radius 2 is 2.04 bits per heavy atom. The van der Waals surface area contributed by atoms with Crippen molar-refractivity contribution in [1.82, 2.24) is 5.32 Å². The quantitative estimate of drug-likeness (QED) is 0.713. The number of urea groups is 1. The Hall–Kier alpha value is -2.56. The Labute approximate surface area is 166 Å². The van der Waals surface area contributed by atoms with Crippen molar-refractivity contribution in [2.45, 2.75) is 44.9 Å². The third-order valence-corrected chi connectivity index (χ3v) is 5.82. The lowest BCUT2D eigenvalue weighted by Crippen LogP contribution is -2.36. The summed E-state index contributed by atoms with van der Waals surface area (Å²) in [6.07, 6.45) is 5.20. The minimum absolute atomic E-state index is 0.151. The number of nitrogens with zero attached hydrogens (tertiary/aromatic N) is 1. The lowest BCUT2D eigenvalue weighted by molar-refractivity contribution is 0.252. The lowest BCUT2D eigenvalue weighted by atomic mass is 9.81. The molecule has 2 N–H and O–H groups in total. The molecule has 0 fully saturated rings. The summed E-state index contributed by atoms with van der Waals surface area (Å²) in [5.74, 6) is 0.0241. The van der Waals surface area contributed by atoms with Crippen LogP contribution in [0, 0.1) is 5.82 Å². The number of benzene rings is 2. The minimum Gasteiger partial charge on any atom is -0.371 e. The molecule has 4 rings (SSSR count). The second-order valence-corrected chi connectivity index (χ2v) is 7.79. The van der Waals surface area contributed by atoms with Crippen LogP contribution in [0.4, 0.5) is 20.6 Å². The Balaban J connectivity index is 1.66. The van der Waals surface area contributed by atoms with Crippen molar-refractivity contribution in [2.75, 3.05) is 29.9 Å². The van der Waals surface area contributed by atoms with Gasteiger partial charge in [0.2, 0.25) is 0 Å². The molecule has 148 valence electrons. The van der Waals surface area contributed by atoms with E-state index in [1.807, 2.05) is 12.1 Å². The normalized spacial score (nSPS) is 17.8. The van der Waals surface area contributed by atoms with Crippen LogP contribution < -0.4 is 15.5 Å². The van der Waals surface area contributed by atoms with Crippen LogP contribution in [0.2, 0.25) is 0 Å². The number of anilines is 2. The molecule has 2 heterocycles. The second-order valence-electron chi connectivity index (χ2n) is 7.79. The first-order valence-corrected chi connectivity index (χ1v) is 10.4. The largest absolute Gasteiger partial charge is 0.371 e. The van der Waals surface area contributed by atoms with Crippen molar-refractivity contribution in [3.63, 3.8) is 0 Å². The number of hydrogen-bond acceptors (Lipinski definition) is 2. The first-order chi connectivity index (χ1) is 13.7. The Morgan fingerprint density at radius 1 is 1.21 bits per heavy atom. The molecule has 0 spiro atoms. The Bertz CT molecular complexity index is 850. The van der Waals surface area contributed by atoms with E-state index in [1.54, 1.807) is 0 Å². The van der Waals surface area contributed by atoms with Crippen LogP contribution in [0.15, 0.2) is 36.4 Å². The molecule has 0 radical (unpaired) electrons. The molecular formula is C23H28FN3O. The zero-order chi connectivity index (χ0) is 19.5. The van der Waals surface area contributed by atoms with E-state index >= 15 is 0 Å². The van der Waals surface area contributed by atoms with Gasteiger partial charge >= 0.3 is 6.03 Å². The molecule has 1 atom stereocenters. The SMILES string of the molecule is CCCCNC(=O)Nc1cc2c3c(c1)C(c1ccc(F)cc1)CCN3CCC2. The molecule has 0 bridgehead atoms. The van der Waals surface area contributed by atoms with E-state index in [1.165, 1.54) is 28.9 Å². The molecule has 28 heavy (non-hydrogen) atoms. The van der Waals surface area contributed by atoms with Gasteiger partial charge in [0.25, 0.3) is 0 Å². The van der Waals surface area contributed by atoms with Gasteiger partial charge in [0, 0.05) is 36.9 Å².